The summed E-state index contributed by atoms with van der Waals surface area (Å²) in [7, 11) is -3.72. The van der Waals surface area contributed by atoms with E-state index in [1.807, 2.05) is 67.6 Å². The normalized spacial score (nSPS) is 16.6. The van der Waals surface area contributed by atoms with Crippen molar-refractivity contribution >= 4 is 10.0 Å². The molecule has 4 nitrogen and oxygen atoms in total. The number of benzene rings is 3. The van der Waals surface area contributed by atoms with Gasteiger partial charge in [0, 0.05) is 0 Å². The highest BCUT2D eigenvalue weighted by molar-refractivity contribution is 7.89. The first-order chi connectivity index (χ1) is 17.0. The molecule has 35 heavy (non-hydrogen) atoms. The second-order valence-electron chi connectivity index (χ2n) is 9.81. The molecular formula is C30H38N2O2S. The molecule has 0 aromatic heterocycles. The second-order valence-corrected chi connectivity index (χ2v) is 11.5. The summed E-state index contributed by atoms with van der Waals surface area (Å²) in [5.41, 5.74) is 3.05. The Morgan fingerprint density at radius 2 is 1.34 bits per heavy atom. The van der Waals surface area contributed by atoms with Crippen molar-refractivity contribution in [3.63, 3.8) is 0 Å². The lowest BCUT2D eigenvalue weighted by Crippen LogP contribution is -2.39. The molecule has 1 aliphatic carbocycles. The van der Waals surface area contributed by atoms with Gasteiger partial charge in [0.05, 0.1) is 17.0 Å². The fraction of sp³-hybridized carbons (Fsp3) is 0.400. The van der Waals surface area contributed by atoms with Crippen LogP contribution in [-0.2, 0) is 10.0 Å². The zero-order chi connectivity index (χ0) is 24.5. The van der Waals surface area contributed by atoms with Gasteiger partial charge in [0.25, 0.3) is 0 Å². The molecule has 5 heteroatoms. The van der Waals surface area contributed by atoms with Crippen molar-refractivity contribution in [2.24, 2.45) is 5.92 Å². The van der Waals surface area contributed by atoms with Crippen LogP contribution < -0.4 is 10.0 Å². The van der Waals surface area contributed by atoms with Crippen LogP contribution in [0.15, 0.2) is 89.8 Å². The van der Waals surface area contributed by atoms with Crippen LogP contribution in [0.25, 0.3) is 0 Å². The molecule has 2 N–H and O–H groups in total. The van der Waals surface area contributed by atoms with E-state index in [0.717, 1.165) is 35.6 Å². The highest BCUT2D eigenvalue weighted by Gasteiger charge is 2.29. The van der Waals surface area contributed by atoms with Crippen molar-refractivity contribution in [1.29, 1.82) is 0 Å². The number of aryl methyl sites for hydroxylation is 1. The van der Waals surface area contributed by atoms with Crippen molar-refractivity contribution in [2.75, 3.05) is 6.54 Å². The van der Waals surface area contributed by atoms with Gasteiger partial charge in [-0.15, -0.1) is 0 Å². The summed E-state index contributed by atoms with van der Waals surface area (Å²) in [5, 5.41) is 3.73. The monoisotopic (exact) mass is 490 g/mol. The van der Waals surface area contributed by atoms with E-state index >= 15 is 0 Å². The Morgan fingerprint density at radius 3 is 1.94 bits per heavy atom. The number of sulfonamides is 1. The average Bonchev–Trinajstić information content (AvgIpc) is 2.89. The summed E-state index contributed by atoms with van der Waals surface area (Å²) >= 11 is 0. The van der Waals surface area contributed by atoms with E-state index < -0.39 is 16.1 Å². The Labute approximate surface area is 211 Å². The Kier molecular flexibility index (Phi) is 9.13. The molecule has 1 aliphatic rings. The van der Waals surface area contributed by atoms with Crippen molar-refractivity contribution in [3.05, 3.63) is 102 Å². The molecular weight excluding hydrogens is 452 g/mol. The van der Waals surface area contributed by atoms with Crippen LogP contribution in [0.1, 0.15) is 73.7 Å². The van der Waals surface area contributed by atoms with Gasteiger partial charge >= 0.3 is 0 Å². The van der Waals surface area contributed by atoms with E-state index in [-0.39, 0.29) is 10.9 Å². The third-order valence-electron chi connectivity index (χ3n) is 7.14. The molecule has 1 fully saturated rings. The average molecular weight is 491 g/mol. The molecule has 0 spiro atoms. The topological polar surface area (TPSA) is 58.2 Å². The minimum atomic E-state index is -3.72. The van der Waals surface area contributed by atoms with Gasteiger partial charge < -0.3 is 5.32 Å². The van der Waals surface area contributed by atoms with Gasteiger partial charge in [0.15, 0.2) is 0 Å². The Hall–Kier alpha value is -2.47. The lowest BCUT2D eigenvalue weighted by molar-refractivity contribution is 0.324. The summed E-state index contributed by atoms with van der Waals surface area (Å²) in [4.78, 5) is 0.285. The maximum Gasteiger partial charge on any atom is 0.241 e. The van der Waals surface area contributed by atoms with E-state index in [1.165, 1.54) is 38.5 Å². The van der Waals surface area contributed by atoms with Crippen LogP contribution in [0.4, 0.5) is 0 Å². The standard InChI is InChI=1S/C30H38N2O2S/c1-24-19-21-28(22-20-24)35(33,34)32-30(27-17-9-4-10-18-27)29(26-15-7-3-8-16-26)31-23-11-14-25-12-5-2-6-13-25/h3-4,7-10,15-22,25,29-32H,2,5-6,11-14,23H2,1H3. The van der Waals surface area contributed by atoms with Crippen LogP contribution in [0.3, 0.4) is 0 Å². The second kappa shape index (κ2) is 12.5. The lowest BCUT2D eigenvalue weighted by Gasteiger charge is -2.30. The van der Waals surface area contributed by atoms with Crippen molar-refractivity contribution in [1.82, 2.24) is 10.0 Å². The van der Waals surface area contributed by atoms with E-state index in [9.17, 15) is 8.42 Å². The molecule has 0 bridgehead atoms. The van der Waals surface area contributed by atoms with Crippen molar-refractivity contribution < 1.29 is 8.42 Å². The summed E-state index contributed by atoms with van der Waals surface area (Å²) < 4.78 is 30.0. The Balaban J connectivity index is 1.58. The van der Waals surface area contributed by atoms with Crippen molar-refractivity contribution in [3.8, 4) is 0 Å². The molecule has 0 aliphatic heterocycles. The van der Waals surface area contributed by atoms with Crippen LogP contribution in [0.2, 0.25) is 0 Å². The summed E-state index contributed by atoms with van der Waals surface area (Å²) in [6, 6.07) is 26.5. The van der Waals surface area contributed by atoms with Crippen LogP contribution in [0.5, 0.6) is 0 Å². The highest BCUT2D eigenvalue weighted by Crippen LogP contribution is 2.32. The van der Waals surface area contributed by atoms with Gasteiger partial charge in [-0.25, -0.2) is 13.1 Å². The summed E-state index contributed by atoms with van der Waals surface area (Å²) in [6.07, 6.45) is 9.14. The number of rotatable bonds is 11. The third kappa shape index (κ3) is 7.26. The molecule has 3 aromatic carbocycles. The fourth-order valence-electron chi connectivity index (χ4n) is 5.15. The zero-order valence-corrected chi connectivity index (χ0v) is 21.5. The van der Waals surface area contributed by atoms with Gasteiger partial charge in [0.2, 0.25) is 10.0 Å². The third-order valence-corrected chi connectivity index (χ3v) is 8.60. The fourth-order valence-corrected chi connectivity index (χ4v) is 6.39. The molecule has 3 aromatic rings. The molecule has 4 rings (SSSR count). The zero-order valence-electron chi connectivity index (χ0n) is 20.7. The first-order valence-corrected chi connectivity index (χ1v) is 14.4. The minimum Gasteiger partial charge on any atom is -0.308 e. The summed E-state index contributed by atoms with van der Waals surface area (Å²) in [6.45, 7) is 2.81. The highest BCUT2D eigenvalue weighted by atomic mass is 32.2. The van der Waals surface area contributed by atoms with Gasteiger partial charge in [-0.1, -0.05) is 110 Å². The van der Waals surface area contributed by atoms with E-state index in [2.05, 4.69) is 22.2 Å². The molecule has 0 saturated heterocycles. The van der Waals surface area contributed by atoms with Gasteiger partial charge in [-0.3, -0.25) is 0 Å². The molecule has 0 heterocycles. The van der Waals surface area contributed by atoms with Crippen molar-refractivity contribution in [2.45, 2.75) is 68.8 Å². The van der Waals surface area contributed by atoms with E-state index in [4.69, 9.17) is 0 Å². The maximum absolute atomic E-state index is 13.5. The number of hydrogen-bond acceptors (Lipinski definition) is 3. The maximum atomic E-state index is 13.5. The van der Waals surface area contributed by atoms with Crippen LogP contribution in [-0.4, -0.2) is 15.0 Å². The Morgan fingerprint density at radius 1 is 0.771 bits per heavy atom. The predicted octanol–water partition coefficient (Wildman–Crippen LogP) is 6.71. The quantitative estimate of drug-likeness (QED) is 0.294. The first-order valence-electron chi connectivity index (χ1n) is 13.0. The molecule has 2 atom stereocenters. The van der Waals surface area contributed by atoms with Gasteiger partial charge in [-0.2, -0.15) is 0 Å². The first kappa shape index (κ1) is 25.6. The number of hydrogen-bond donors (Lipinski definition) is 2. The van der Waals surface area contributed by atoms with E-state index in [1.54, 1.807) is 12.1 Å². The predicted molar refractivity (Wildman–Crippen MR) is 144 cm³/mol. The molecule has 0 radical (unpaired) electrons. The van der Waals surface area contributed by atoms with Crippen LogP contribution in [0, 0.1) is 12.8 Å². The molecule has 1 saturated carbocycles. The lowest BCUT2D eigenvalue weighted by atomic mass is 9.86. The largest absolute Gasteiger partial charge is 0.308 e. The smallest absolute Gasteiger partial charge is 0.241 e. The number of nitrogens with one attached hydrogen (secondary N) is 2. The molecule has 186 valence electrons. The molecule has 0 amide bonds. The van der Waals surface area contributed by atoms with E-state index in [0.29, 0.717) is 0 Å². The molecule has 2 unspecified atom stereocenters. The summed E-state index contributed by atoms with van der Waals surface area (Å²) in [5.74, 6) is 0.839. The van der Waals surface area contributed by atoms with Gasteiger partial charge in [0.1, 0.15) is 0 Å². The van der Waals surface area contributed by atoms with Gasteiger partial charge in [-0.05, 0) is 55.5 Å². The van der Waals surface area contributed by atoms with Crippen LogP contribution >= 0.6 is 0 Å². The Bertz CT molecular complexity index is 1130. The SMILES string of the molecule is Cc1ccc(S(=O)(=O)NC(c2ccccc2)C(NCCCC2CCCCC2)c2ccccc2)cc1. The minimum absolute atomic E-state index is 0.190.